The molecule has 0 aliphatic rings. The maximum atomic E-state index is 12.2. The molecule has 1 aromatic carbocycles. The zero-order valence-corrected chi connectivity index (χ0v) is 8.92. The van der Waals surface area contributed by atoms with E-state index < -0.39 is 25.3 Å². The number of aliphatic hydroxyl groups excluding tert-OH is 1. The number of hydrogen-bond acceptors (Lipinski definition) is 2. The second kappa shape index (κ2) is 5.41. The van der Waals surface area contributed by atoms with Crippen molar-refractivity contribution >= 4 is 11.6 Å². The minimum atomic E-state index is -4.46. The molecule has 1 atom stereocenters. The third kappa shape index (κ3) is 3.90. The van der Waals surface area contributed by atoms with Gasteiger partial charge in [0.2, 0.25) is 0 Å². The van der Waals surface area contributed by atoms with Gasteiger partial charge < -0.3 is 9.84 Å². The van der Waals surface area contributed by atoms with E-state index in [0.717, 1.165) is 0 Å². The van der Waals surface area contributed by atoms with Crippen LogP contribution in [0.15, 0.2) is 24.3 Å². The molecule has 0 aromatic heterocycles. The van der Waals surface area contributed by atoms with E-state index in [4.69, 9.17) is 21.4 Å². The van der Waals surface area contributed by atoms with Gasteiger partial charge in [-0.15, -0.1) is 0 Å². The van der Waals surface area contributed by atoms with Crippen LogP contribution in [0, 0.1) is 5.92 Å². The molecule has 2 nitrogen and oxygen atoms in total. The maximum Gasteiger partial charge on any atom is 0.397 e. The Morgan fingerprint density at radius 1 is 1.25 bits per heavy atom. The smallest absolute Gasteiger partial charge is 0.397 e. The van der Waals surface area contributed by atoms with E-state index in [2.05, 4.69) is 0 Å². The summed E-state index contributed by atoms with van der Waals surface area (Å²) < 4.78 is 41.6. The first kappa shape index (κ1) is 13.1. The summed E-state index contributed by atoms with van der Waals surface area (Å²) in [7, 11) is 0. The molecule has 1 rings (SSSR count). The molecule has 0 amide bonds. The molecule has 0 radical (unpaired) electrons. The Bertz CT molecular complexity index is 324. The molecule has 0 saturated carbocycles. The Labute approximate surface area is 95.6 Å². The highest BCUT2D eigenvalue weighted by Gasteiger charge is 2.39. The van der Waals surface area contributed by atoms with Crippen molar-refractivity contribution in [3.05, 3.63) is 29.3 Å². The first-order chi connectivity index (χ1) is 7.43. The number of aliphatic hydroxyl groups is 1. The standard InChI is InChI=1S/C10H10ClF3O2/c11-8-1-3-9(4-2-8)16-6-7(5-15)10(12,13)14/h1-4,7,15H,5-6H2. The minimum Gasteiger partial charge on any atom is -0.493 e. The fraction of sp³-hybridized carbons (Fsp3) is 0.400. The van der Waals surface area contributed by atoms with E-state index in [9.17, 15) is 13.2 Å². The Morgan fingerprint density at radius 3 is 2.25 bits per heavy atom. The van der Waals surface area contributed by atoms with Crippen LogP contribution < -0.4 is 4.74 Å². The van der Waals surface area contributed by atoms with E-state index in [1.807, 2.05) is 0 Å². The van der Waals surface area contributed by atoms with Gasteiger partial charge in [-0.1, -0.05) is 11.6 Å². The monoisotopic (exact) mass is 254 g/mol. The molecule has 6 heteroatoms. The van der Waals surface area contributed by atoms with Crippen molar-refractivity contribution in [2.75, 3.05) is 13.2 Å². The number of rotatable bonds is 4. The zero-order valence-electron chi connectivity index (χ0n) is 8.17. The van der Waals surface area contributed by atoms with Crippen LogP contribution in [0.3, 0.4) is 0 Å². The third-order valence-electron chi connectivity index (χ3n) is 1.95. The van der Waals surface area contributed by atoms with Crippen LogP contribution in [0.1, 0.15) is 0 Å². The van der Waals surface area contributed by atoms with Gasteiger partial charge >= 0.3 is 6.18 Å². The summed E-state index contributed by atoms with van der Waals surface area (Å²) in [4.78, 5) is 0. The van der Waals surface area contributed by atoms with Gasteiger partial charge in [0, 0.05) is 5.02 Å². The largest absolute Gasteiger partial charge is 0.493 e. The summed E-state index contributed by atoms with van der Waals surface area (Å²) >= 11 is 5.60. The lowest BCUT2D eigenvalue weighted by molar-refractivity contribution is -0.190. The van der Waals surface area contributed by atoms with Crippen LogP contribution in [-0.4, -0.2) is 24.5 Å². The first-order valence-corrected chi connectivity index (χ1v) is 4.87. The SMILES string of the molecule is OCC(COc1ccc(Cl)cc1)C(F)(F)F. The summed E-state index contributed by atoms with van der Waals surface area (Å²) in [6.07, 6.45) is -4.46. The number of benzene rings is 1. The van der Waals surface area contributed by atoms with E-state index in [-0.39, 0.29) is 5.75 Å². The van der Waals surface area contributed by atoms with Gasteiger partial charge in [0.1, 0.15) is 18.3 Å². The molecule has 1 aromatic rings. The Hall–Kier alpha value is -0.940. The van der Waals surface area contributed by atoms with Gasteiger partial charge in [-0.05, 0) is 24.3 Å². The topological polar surface area (TPSA) is 29.5 Å². The number of alkyl halides is 3. The third-order valence-corrected chi connectivity index (χ3v) is 2.20. The van der Waals surface area contributed by atoms with Crippen LogP contribution in [0.4, 0.5) is 13.2 Å². The van der Waals surface area contributed by atoms with Crippen LogP contribution in [-0.2, 0) is 0 Å². The quantitative estimate of drug-likeness (QED) is 0.895. The lowest BCUT2D eigenvalue weighted by Gasteiger charge is -2.18. The van der Waals surface area contributed by atoms with Crippen molar-refractivity contribution in [2.45, 2.75) is 6.18 Å². The van der Waals surface area contributed by atoms with Crippen molar-refractivity contribution in [3.63, 3.8) is 0 Å². The van der Waals surface area contributed by atoms with Crippen LogP contribution >= 0.6 is 11.6 Å². The van der Waals surface area contributed by atoms with Gasteiger partial charge in [0.05, 0.1) is 6.61 Å². The molecule has 0 bridgehead atoms. The fourth-order valence-electron chi connectivity index (χ4n) is 0.978. The normalized spacial score (nSPS) is 13.6. The second-order valence-electron chi connectivity index (χ2n) is 3.19. The molecule has 16 heavy (non-hydrogen) atoms. The van der Waals surface area contributed by atoms with Crippen molar-refractivity contribution in [1.82, 2.24) is 0 Å². The summed E-state index contributed by atoms with van der Waals surface area (Å²) in [5, 5.41) is 9.04. The molecule has 0 heterocycles. The van der Waals surface area contributed by atoms with Crippen LogP contribution in [0.5, 0.6) is 5.75 Å². The van der Waals surface area contributed by atoms with E-state index in [1.165, 1.54) is 24.3 Å². The number of halogens is 4. The predicted octanol–water partition coefficient (Wildman–Crippen LogP) is 2.89. The average Bonchev–Trinajstić information content (AvgIpc) is 2.19. The molecule has 0 saturated heterocycles. The van der Waals surface area contributed by atoms with Crippen LogP contribution in [0.25, 0.3) is 0 Å². The molecule has 0 fully saturated rings. The Balaban J connectivity index is 2.53. The summed E-state index contributed by atoms with van der Waals surface area (Å²) in [6, 6.07) is 5.96. The molecule has 0 aliphatic carbocycles. The Kier molecular flexibility index (Phi) is 4.44. The fourth-order valence-corrected chi connectivity index (χ4v) is 1.10. The van der Waals surface area contributed by atoms with Gasteiger partial charge in [-0.25, -0.2) is 0 Å². The minimum absolute atomic E-state index is 0.284. The van der Waals surface area contributed by atoms with E-state index in [0.29, 0.717) is 5.02 Å². The maximum absolute atomic E-state index is 12.2. The lowest BCUT2D eigenvalue weighted by atomic mass is 10.2. The molecular formula is C10H10ClF3O2. The Morgan fingerprint density at radius 2 is 1.81 bits per heavy atom. The van der Waals surface area contributed by atoms with Crippen molar-refractivity contribution in [2.24, 2.45) is 5.92 Å². The summed E-state index contributed by atoms with van der Waals surface area (Å²) in [5.74, 6) is -1.59. The lowest BCUT2D eigenvalue weighted by Crippen LogP contribution is -2.31. The van der Waals surface area contributed by atoms with Crippen LogP contribution in [0.2, 0.25) is 5.02 Å². The van der Waals surface area contributed by atoms with E-state index >= 15 is 0 Å². The summed E-state index contributed by atoms with van der Waals surface area (Å²) in [5.41, 5.74) is 0. The second-order valence-corrected chi connectivity index (χ2v) is 3.62. The highest BCUT2D eigenvalue weighted by Crippen LogP contribution is 2.26. The molecular weight excluding hydrogens is 245 g/mol. The van der Waals surface area contributed by atoms with E-state index in [1.54, 1.807) is 0 Å². The van der Waals surface area contributed by atoms with Crippen molar-refractivity contribution in [1.29, 1.82) is 0 Å². The van der Waals surface area contributed by atoms with Crippen molar-refractivity contribution in [3.8, 4) is 5.75 Å². The van der Waals surface area contributed by atoms with Crippen molar-refractivity contribution < 1.29 is 23.0 Å². The van der Waals surface area contributed by atoms with Gasteiger partial charge in [0.25, 0.3) is 0 Å². The van der Waals surface area contributed by atoms with Gasteiger partial charge in [-0.2, -0.15) is 13.2 Å². The predicted molar refractivity (Wildman–Crippen MR) is 53.6 cm³/mol. The average molecular weight is 255 g/mol. The number of hydrogen-bond donors (Lipinski definition) is 1. The molecule has 90 valence electrons. The van der Waals surface area contributed by atoms with Gasteiger partial charge in [-0.3, -0.25) is 0 Å². The molecule has 1 unspecified atom stereocenters. The molecule has 0 spiro atoms. The highest BCUT2D eigenvalue weighted by molar-refractivity contribution is 6.30. The first-order valence-electron chi connectivity index (χ1n) is 4.49. The zero-order chi connectivity index (χ0) is 12.2. The molecule has 0 aliphatic heterocycles. The summed E-state index contributed by atoms with van der Waals surface area (Å²) in [6.45, 7) is -1.60. The molecule has 1 N–H and O–H groups in total. The number of ether oxygens (including phenoxy) is 1. The highest BCUT2D eigenvalue weighted by atomic mass is 35.5. The van der Waals surface area contributed by atoms with Gasteiger partial charge in [0.15, 0.2) is 0 Å².